The summed E-state index contributed by atoms with van der Waals surface area (Å²) in [4.78, 5) is 2.98. The Kier molecular flexibility index (Phi) is 5.39. The van der Waals surface area contributed by atoms with E-state index in [9.17, 15) is 8.42 Å². The van der Waals surface area contributed by atoms with Crippen molar-refractivity contribution < 1.29 is 8.42 Å². The monoisotopic (exact) mass is 336 g/mol. The van der Waals surface area contributed by atoms with Crippen LogP contribution in [0.25, 0.3) is 0 Å². The fourth-order valence-electron chi connectivity index (χ4n) is 3.92. The summed E-state index contributed by atoms with van der Waals surface area (Å²) in [6.07, 6.45) is 7.93. The molecule has 2 fully saturated rings. The molecule has 0 radical (unpaired) electrons. The highest BCUT2D eigenvalue weighted by Crippen LogP contribution is 2.25. The second-order valence-electron chi connectivity index (χ2n) is 6.85. The molecule has 1 aliphatic heterocycles. The lowest BCUT2D eigenvalue weighted by atomic mass is 10.1. The maximum Gasteiger partial charge on any atom is 0.243 e. The summed E-state index contributed by atoms with van der Waals surface area (Å²) in [5, 5.41) is 0. The van der Waals surface area contributed by atoms with Crippen LogP contribution in [0.2, 0.25) is 0 Å². The van der Waals surface area contributed by atoms with Gasteiger partial charge in [-0.1, -0.05) is 43.9 Å². The van der Waals surface area contributed by atoms with Crippen molar-refractivity contribution in [2.75, 3.05) is 26.2 Å². The molecule has 0 bridgehead atoms. The minimum Gasteiger partial charge on any atom is -0.298 e. The fourth-order valence-corrected chi connectivity index (χ4v) is 5.56. The first-order chi connectivity index (χ1) is 11.1. The summed E-state index contributed by atoms with van der Waals surface area (Å²) in [5.41, 5.74) is 0.832. The number of aryl methyl sites for hydroxylation is 1. The quantitative estimate of drug-likeness (QED) is 0.797. The van der Waals surface area contributed by atoms with Crippen LogP contribution in [-0.4, -0.2) is 49.8 Å². The van der Waals surface area contributed by atoms with Crippen LogP contribution in [0.3, 0.4) is 0 Å². The molecule has 2 aliphatic rings. The van der Waals surface area contributed by atoms with Crippen LogP contribution >= 0.6 is 0 Å². The van der Waals surface area contributed by atoms with E-state index >= 15 is 0 Å². The van der Waals surface area contributed by atoms with Crippen LogP contribution < -0.4 is 0 Å². The van der Waals surface area contributed by atoms with Gasteiger partial charge in [0.25, 0.3) is 0 Å². The predicted octanol–water partition coefficient (Wildman–Crippen LogP) is 3.02. The van der Waals surface area contributed by atoms with Crippen LogP contribution in [0.5, 0.6) is 0 Å². The number of hydrogen-bond acceptors (Lipinski definition) is 3. The first-order valence-corrected chi connectivity index (χ1v) is 10.3. The van der Waals surface area contributed by atoms with E-state index in [-0.39, 0.29) is 0 Å². The molecule has 0 N–H and O–H groups in total. The average Bonchev–Trinajstić information content (AvgIpc) is 2.84. The lowest BCUT2D eigenvalue weighted by Crippen LogP contribution is -2.51. The number of sulfonamides is 1. The first-order valence-electron chi connectivity index (χ1n) is 8.89. The molecule has 1 aliphatic carbocycles. The summed E-state index contributed by atoms with van der Waals surface area (Å²) in [6, 6.07) is 7.96. The van der Waals surface area contributed by atoms with E-state index in [2.05, 4.69) is 4.90 Å². The molecule has 1 aromatic rings. The zero-order valence-electron chi connectivity index (χ0n) is 14.1. The van der Waals surface area contributed by atoms with Gasteiger partial charge in [0.2, 0.25) is 10.0 Å². The Labute approximate surface area is 140 Å². The topological polar surface area (TPSA) is 40.6 Å². The van der Waals surface area contributed by atoms with E-state index in [1.807, 2.05) is 25.1 Å². The molecule has 3 rings (SSSR count). The van der Waals surface area contributed by atoms with Gasteiger partial charge < -0.3 is 0 Å². The maximum absolute atomic E-state index is 12.9. The second-order valence-corrected chi connectivity index (χ2v) is 8.76. The highest BCUT2D eigenvalue weighted by atomic mass is 32.2. The van der Waals surface area contributed by atoms with Crippen molar-refractivity contribution in [1.29, 1.82) is 0 Å². The highest BCUT2D eigenvalue weighted by Gasteiger charge is 2.31. The molecule has 1 saturated heterocycles. The van der Waals surface area contributed by atoms with Gasteiger partial charge in [0.1, 0.15) is 0 Å². The van der Waals surface area contributed by atoms with Gasteiger partial charge in [-0.05, 0) is 31.4 Å². The molecule has 4 nitrogen and oxygen atoms in total. The zero-order valence-corrected chi connectivity index (χ0v) is 14.9. The summed E-state index contributed by atoms with van der Waals surface area (Å²) in [5.74, 6) is 0. The van der Waals surface area contributed by atoms with Crippen molar-refractivity contribution in [3.8, 4) is 0 Å². The van der Waals surface area contributed by atoms with Gasteiger partial charge in [-0.2, -0.15) is 4.31 Å². The van der Waals surface area contributed by atoms with Gasteiger partial charge in [-0.25, -0.2) is 8.42 Å². The van der Waals surface area contributed by atoms with Gasteiger partial charge in [-0.3, -0.25) is 4.90 Å². The van der Waals surface area contributed by atoms with Crippen LogP contribution in [0.15, 0.2) is 29.2 Å². The number of nitrogens with zero attached hydrogens (tertiary/aromatic N) is 2. The van der Waals surface area contributed by atoms with E-state index in [4.69, 9.17) is 0 Å². The molecule has 0 spiro atoms. The van der Waals surface area contributed by atoms with Gasteiger partial charge in [0.05, 0.1) is 4.90 Å². The molecule has 1 aromatic carbocycles. The third kappa shape index (κ3) is 3.78. The fraction of sp³-hybridized carbons (Fsp3) is 0.667. The van der Waals surface area contributed by atoms with Crippen molar-refractivity contribution in [2.24, 2.45) is 0 Å². The molecule has 23 heavy (non-hydrogen) atoms. The first kappa shape index (κ1) is 16.9. The lowest BCUT2D eigenvalue weighted by molar-refractivity contribution is 0.126. The van der Waals surface area contributed by atoms with E-state index in [1.54, 1.807) is 10.4 Å². The number of benzene rings is 1. The van der Waals surface area contributed by atoms with Gasteiger partial charge >= 0.3 is 0 Å². The Morgan fingerprint density at radius 2 is 1.52 bits per heavy atom. The van der Waals surface area contributed by atoms with Crippen molar-refractivity contribution in [3.05, 3.63) is 29.8 Å². The lowest BCUT2D eigenvalue weighted by Gasteiger charge is -2.38. The predicted molar refractivity (Wildman–Crippen MR) is 93.0 cm³/mol. The van der Waals surface area contributed by atoms with Gasteiger partial charge in [-0.15, -0.1) is 0 Å². The SMILES string of the molecule is Cc1ccccc1S(=O)(=O)N1CCN(C2CCCCCC2)CC1. The average molecular weight is 337 g/mol. The second kappa shape index (κ2) is 7.32. The largest absolute Gasteiger partial charge is 0.298 e. The molecule has 128 valence electrons. The Hall–Kier alpha value is -0.910. The van der Waals surface area contributed by atoms with Crippen molar-refractivity contribution in [2.45, 2.75) is 56.4 Å². The van der Waals surface area contributed by atoms with E-state index in [0.717, 1.165) is 18.7 Å². The Balaban J connectivity index is 1.65. The maximum atomic E-state index is 12.9. The third-order valence-electron chi connectivity index (χ3n) is 5.33. The Morgan fingerprint density at radius 1 is 0.913 bits per heavy atom. The summed E-state index contributed by atoms with van der Waals surface area (Å²) >= 11 is 0. The number of rotatable bonds is 3. The van der Waals surface area contributed by atoms with E-state index in [0.29, 0.717) is 24.0 Å². The van der Waals surface area contributed by atoms with Crippen LogP contribution in [0, 0.1) is 6.92 Å². The molecular formula is C18H28N2O2S. The summed E-state index contributed by atoms with van der Waals surface area (Å²) < 4.78 is 27.4. The molecule has 0 aromatic heterocycles. The minimum atomic E-state index is -3.35. The molecule has 5 heteroatoms. The standard InChI is InChI=1S/C18H28N2O2S/c1-16-8-6-7-11-18(16)23(21,22)20-14-12-19(13-15-20)17-9-4-2-3-5-10-17/h6-8,11,17H,2-5,9-10,12-15H2,1H3. The highest BCUT2D eigenvalue weighted by molar-refractivity contribution is 7.89. The number of piperazine rings is 1. The summed E-state index contributed by atoms with van der Waals surface area (Å²) in [7, 11) is -3.35. The van der Waals surface area contributed by atoms with E-state index < -0.39 is 10.0 Å². The minimum absolute atomic E-state index is 0.461. The van der Waals surface area contributed by atoms with Crippen molar-refractivity contribution >= 4 is 10.0 Å². The molecular weight excluding hydrogens is 308 g/mol. The molecule has 0 unspecified atom stereocenters. The van der Waals surface area contributed by atoms with Crippen LogP contribution in [0.1, 0.15) is 44.1 Å². The normalized spacial score (nSPS) is 22.8. The number of hydrogen-bond donors (Lipinski definition) is 0. The summed E-state index contributed by atoms with van der Waals surface area (Å²) in [6.45, 7) is 4.85. The third-order valence-corrected chi connectivity index (χ3v) is 7.38. The van der Waals surface area contributed by atoms with Gasteiger partial charge in [0.15, 0.2) is 0 Å². The Morgan fingerprint density at radius 3 is 2.13 bits per heavy atom. The van der Waals surface area contributed by atoms with Crippen molar-refractivity contribution in [3.63, 3.8) is 0 Å². The van der Waals surface area contributed by atoms with E-state index in [1.165, 1.54) is 38.5 Å². The van der Waals surface area contributed by atoms with Gasteiger partial charge in [0, 0.05) is 32.2 Å². The van der Waals surface area contributed by atoms with Crippen LogP contribution in [-0.2, 0) is 10.0 Å². The van der Waals surface area contributed by atoms with Crippen LogP contribution in [0.4, 0.5) is 0 Å². The zero-order chi connectivity index (χ0) is 16.3. The smallest absolute Gasteiger partial charge is 0.243 e. The molecule has 1 heterocycles. The molecule has 1 saturated carbocycles. The molecule has 0 amide bonds. The Bertz CT molecular complexity index is 614. The molecule has 0 atom stereocenters. The van der Waals surface area contributed by atoms with Crippen molar-refractivity contribution in [1.82, 2.24) is 9.21 Å².